The molecule has 1 aromatic heterocycles. The number of carbonyl (C=O) groups excluding carboxylic acids is 1. The van der Waals surface area contributed by atoms with E-state index in [1.807, 2.05) is 12.1 Å². The molecule has 1 aromatic carbocycles. The van der Waals surface area contributed by atoms with Crippen molar-refractivity contribution in [1.29, 1.82) is 0 Å². The summed E-state index contributed by atoms with van der Waals surface area (Å²) in [6.07, 6.45) is 1.72. The van der Waals surface area contributed by atoms with Crippen molar-refractivity contribution in [1.82, 2.24) is 9.69 Å². The van der Waals surface area contributed by atoms with Crippen molar-refractivity contribution in [3.8, 4) is 5.75 Å². The van der Waals surface area contributed by atoms with E-state index in [2.05, 4.69) is 9.69 Å². The molecular formula is C14H16N2O3S. The number of hydrogen-bond donors (Lipinski definition) is 1. The lowest BCUT2D eigenvalue weighted by atomic mass is 10.2. The number of rotatable bonds is 7. The molecule has 0 saturated heterocycles. The van der Waals surface area contributed by atoms with Gasteiger partial charge in [0.15, 0.2) is 0 Å². The van der Waals surface area contributed by atoms with Crippen LogP contribution in [0.15, 0.2) is 36.5 Å². The van der Waals surface area contributed by atoms with Crippen LogP contribution < -0.4 is 10.1 Å². The third kappa shape index (κ3) is 4.32. The first kappa shape index (κ1) is 14.5. The number of methoxy groups -OCH3 is 1. The van der Waals surface area contributed by atoms with Crippen LogP contribution in [0.2, 0.25) is 0 Å². The van der Waals surface area contributed by atoms with Gasteiger partial charge >= 0.3 is 0 Å². The van der Waals surface area contributed by atoms with Crippen molar-refractivity contribution < 1.29 is 14.3 Å². The molecule has 0 aliphatic rings. The van der Waals surface area contributed by atoms with Crippen molar-refractivity contribution in [2.24, 2.45) is 0 Å². The third-order valence-corrected chi connectivity index (χ3v) is 3.31. The Bertz CT molecular complexity index is 543. The second-order valence-electron chi connectivity index (χ2n) is 4.03. The minimum atomic E-state index is -0.129. The van der Waals surface area contributed by atoms with E-state index in [1.165, 1.54) is 11.5 Å². The number of carbonyl (C=O) groups is 1. The Morgan fingerprint density at radius 2 is 2.25 bits per heavy atom. The van der Waals surface area contributed by atoms with E-state index < -0.39 is 0 Å². The number of ether oxygens (including phenoxy) is 2. The normalized spacial score (nSPS) is 10.2. The van der Waals surface area contributed by atoms with E-state index in [1.54, 1.807) is 31.5 Å². The molecule has 106 valence electrons. The summed E-state index contributed by atoms with van der Waals surface area (Å²) in [7, 11) is 1.62. The zero-order valence-electron chi connectivity index (χ0n) is 11.2. The third-order valence-electron chi connectivity index (χ3n) is 2.57. The number of amides is 1. The predicted octanol–water partition coefficient (Wildman–Crippen LogP) is 2.10. The fourth-order valence-electron chi connectivity index (χ4n) is 1.57. The van der Waals surface area contributed by atoms with Crippen molar-refractivity contribution in [3.05, 3.63) is 47.0 Å². The number of nitrogens with zero attached hydrogens (tertiary/aromatic N) is 1. The smallest absolute Gasteiger partial charge is 0.251 e. The van der Waals surface area contributed by atoms with Gasteiger partial charge in [-0.2, -0.15) is 0 Å². The van der Waals surface area contributed by atoms with Crippen molar-refractivity contribution in [2.75, 3.05) is 20.3 Å². The number of nitrogens with one attached hydrogen (secondary N) is 1. The Balaban J connectivity index is 1.90. The molecule has 5 nitrogen and oxygen atoms in total. The fraction of sp³-hybridized carbons (Fsp3) is 0.286. The summed E-state index contributed by atoms with van der Waals surface area (Å²) < 4.78 is 14.4. The van der Waals surface area contributed by atoms with Gasteiger partial charge in [-0.15, -0.1) is 0 Å². The van der Waals surface area contributed by atoms with E-state index in [0.717, 1.165) is 4.88 Å². The summed E-state index contributed by atoms with van der Waals surface area (Å²) in [5.74, 6) is 0.531. The summed E-state index contributed by atoms with van der Waals surface area (Å²) in [4.78, 5) is 13.0. The molecule has 0 fully saturated rings. The van der Waals surface area contributed by atoms with E-state index in [9.17, 15) is 4.79 Å². The Labute approximate surface area is 121 Å². The zero-order chi connectivity index (χ0) is 14.2. The van der Waals surface area contributed by atoms with E-state index in [4.69, 9.17) is 9.47 Å². The standard InChI is InChI=1S/C14H16N2O3S/c1-18-7-8-19-12-4-2-3-11(9-12)14(17)15-10-13-5-6-16-20-13/h2-6,9H,7-8,10H2,1H3,(H,15,17). The molecule has 1 N–H and O–H groups in total. The Hall–Kier alpha value is -1.92. The van der Waals surface area contributed by atoms with Gasteiger partial charge in [0.25, 0.3) is 5.91 Å². The summed E-state index contributed by atoms with van der Waals surface area (Å²) in [6, 6.07) is 8.97. The highest BCUT2D eigenvalue weighted by Gasteiger charge is 2.07. The predicted molar refractivity (Wildman–Crippen MR) is 77.1 cm³/mol. The maximum absolute atomic E-state index is 12.0. The van der Waals surface area contributed by atoms with Crippen LogP contribution in [0.25, 0.3) is 0 Å². The molecule has 6 heteroatoms. The molecule has 2 rings (SSSR count). The first-order valence-electron chi connectivity index (χ1n) is 6.19. The fourth-order valence-corrected chi connectivity index (χ4v) is 2.09. The molecule has 0 spiro atoms. The molecule has 0 aliphatic heterocycles. The first-order valence-corrected chi connectivity index (χ1v) is 6.96. The van der Waals surface area contributed by atoms with Gasteiger partial charge in [0.1, 0.15) is 12.4 Å². The summed E-state index contributed by atoms with van der Waals surface area (Å²) in [6.45, 7) is 1.46. The van der Waals surface area contributed by atoms with Gasteiger partial charge in [-0.05, 0) is 35.8 Å². The summed E-state index contributed by atoms with van der Waals surface area (Å²) in [5, 5.41) is 2.85. The average molecular weight is 292 g/mol. The van der Waals surface area contributed by atoms with Gasteiger partial charge in [-0.25, -0.2) is 4.37 Å². The highest BCUT2D eigenvalue weighted by atomic mass is 32.1. The Morgan fingerprint density at radius 1 is 1.35 bits per heavy atom. The van der Waals surface area contributed by atoms with Gasteiger partial charge in [-0.1, -0.05) is 6.07 Å². The van der Waals surface area contributed by atoms with Gasteiger partial charge in [0.05, 0.1) is 13.2 Å². The second kappa shape index (κ2) is 7.62. The molecule has 20 heavy (non-hydrogen) atoms. The van der Waals surface area contributed by atoms with Crippen LogP contribution in [-0.4, -0.2) is 30.6 Å². The lowest BCUT2D eigenvalue weighted by Gasteiger charge is -2.08. The van der Waals surface area contributed by atoms with Crippen molar-refractivity contribution >= 4 is 17.4 Å². The van der Waals surface area contributed by atoms with Gasteiger partial charge in [-0.3, -0.25) is 4.79 Å². The van der Waals surface area contributed by atoms with Crippen LogP contribution in [0.4, 0.5) is 0 Å². The van der Waals surface area contributed by atoms with E-state index >= 15 is 0 Å². The maximum atomic E-state index is 12.0. The molecule has 0 atom stereocenters. The lowest BCUT2D eigenvalue weighted by Crippen LogP contribution is -2.22. The van der Waals surface area contributed by atoms with Crippen LogP contribution >= 0.6 is 11.5 Å². The SMILES string of the molecule is COCCOc1cccc(C(=O)NCc2ccns2)c1. The second-order valence-corrected chi connectivity index (χ2v) is 4.95. The quantitative estimate of drug-likeness (QED) is 0.794. The largest absolute Gasteiger partial charge is 0.491 e. The molecule has 0 aliphatic carbocycles. The number of benzene rings is 1. The average Bonchev–Trinajstić information content (AvgIpc) is 2.99. The molecule has 0 unspecified atom stereocenters. The van der Waals surface area contributed by atoms with Crippen LogP contribution in [0.5, 0.6) is 5.75 Å². The molecule has 2 aromatic rings. The zero-order valence-corrected chi connectivity index (χ0v) is 12.0. The molecule has 1 amide bonds. The van der Waals surface area contributed by atoms with E-state index in [-0.39, 0.29) is 5.91 Å². The van der Waals surface area contributed by atoms with Gasteiger partial charge < -0.3 is 14.8 Å². The highest BCUT2D eigenvalue weighted by molar-refractivity contribution is 7.05. The van der Waals surface area contributed by atoms with Crippen LogP contribution in [0.1, 0.15) is 15.2 Å². The molecule has 1 heterocycles. The lowest BCUT2D eigenvalue weighted by molar-refractivity contribution is 0.0950. The summed E-state index contributed by atoms with van der Waals surface area (Å²) >= 11 is 1.37. The molecular weight excluding hydrogens is 276 g/mol. The van der Waals surface area contributed by atoms with Crippen molar-refractivity contribution in [2.45, 2.75) is 6.54 Å². The summed E-state index contributed by atoms with van der Waals surface area (Å²) in [5.41, 5.74) is 0.574. The minimum absolute atomic E-state index is 0.129. The number of hydrogen-bond acceptors (Lipinski definition) is 5. The van der Waals surface area contributed by atoms with Crippen molar-refractivity contribution in [3.63, 3.8) is 0 Å². The maximum Gasteiger partial charge on any atom is 0.251 e. The topological polar surface area (TPSA) is 60.5 Å². The Kier molecular flexibility index (Phi) is 5.52. The van der Waals surface area contributed by atoms with Crippen LogP contribution in [0, 0.1) is 0 Å². The first-order chi connectivity index (χ1) is 9.79. The van der Waals surface area contributed by atoms with E-state index in [0.29, 0.717) is 31.1 Å². The van der Waals surface area contributed by atoms with Crippen LogP contribution in [0.3, 0.4) is 0 Å². The van der Waals surface area contributed by atoms with Crippen LogP contribution in [-0.2, 0) is 11.3 Å². The minimum Gasteiger partial charge on any atom is -0.491 e. The Morgan fingerprint density at radius 3 is 3.00 bits per heavy atom. The van der Waals surface area contributed by atoms with Gasteiger partial charge in [0.2, 0.25) is 0 Å². The monoisotopic (exact) mass is 292 g/mol. The number of aromatic nitrogens is 1. The van der Waals surface area contributed by atoms with Gasteiger partial charge in [0, 0.05) is 23.7 Å². The molecule has 0 bridgehead atoms. The molecule has 0 radical (unpaired) electrons. The highest BCUT2D eigenvalue weighted by Crippen LogP contribution is 2.13. The molecule has 0 saturated carbocycles.